The third-order valence-electron chi connectivity index (χ3n) is 2.56. The minimum atomic E-state index is -3.80. The lowest BCUT2D eigenvalue weighted by molar-refractivity contribution is 0.256. The molecule has 0 bridgehead atoms. The molecule has 0 aromatic heterocycles. The van der Waals surface area contributed by atoms with Crippen LogP contribution in [0.2, 0.25) is 0 Å². The molecule has 0 rings (SSSR count). The van der Waals surface area contributed by atoms with Crippen molar-refractivity contribution in [3.05, 3.63) is 0 Å². The van der Waals surface area contributed by atoms with Gasteiger partial charge in [0.15, 0.2) is 17.0 Å². The zero-order valence-corrected chi connectivity index (χ0v) is 17.8. The van der Waals surface area contributed by atoms with E-state index < -0.39 is 48.4 Å². The quantitative estimate of drug-likeness (QED) is 0.203. The van der Waals surface area contributed by atoms with Crippen LogP contribution in [0.5, 0.6) is 0 Å². The van der Waals surface area contributed by atoms with Crippen LogP contribution in [-0.4, -0.2) is 61.3 Å². The SMILES string of the molecule is CC(C)OS(=O)COS(=O)(=O)CCCCCCS(=O)(=O)OC[S+](C)[O-]. The van der Waals surface area contributed by atoms with E-state index in [1.165, 1.54) is 6.26 Å². The highest BCUT2D eigenvalue weighted by atomic mass is 32.2. The van der Waals surface area contributed by atoms with Gasteiger partial charge in [-0.2, -0.15) is 16.8 Å². The van der Waals surface area contributed by atoms with Crippen LogP contribution < -0.4 is 0 Å². The molecular formula is C12H26O9S4. The fourth-order valence-corrected chi connectivity index (χ4v) is 5.39. The molecule has 25 heavy (non-hydrogen) atoms. The van der Waals surface area contributed by atoms with Crippen LogP contribution in [0, 0.1) is 0 Å². The third kappa shape index (κ3) is 16.2. The Morgan fingerprint density at radius 2 is 1.44 bits per heavy atom. The predicted molar refractivity (Wildman–Crippen MR) is 96.4 cm³/mol. The summed E-state index contributed by atoms with van der Waals surface area (Å²) >= 11 is -3.18. The van der Waals surface area contributed by atoms with E-state index in [0.717, 1.165) is 0 Å². The normalized spacial score (nSPS) is 15.4. The fraction of sp³-hybridized carbons (Fsp3) is 1.00. The molecule has 9 nitrogen and oxygen atoms in total. The van der Waals surface area contributed by atoms with Crippen molar-refractivity contribution in [3.8, 4) is 0 Å². The highest BCUT2D eigenvalue weighted by Crippen LogP contribution is 2.08. The highest BCUT2D eigenvalue weighted by molar-refractivity contribution is 7.92. The first-order valence-corrected chi connectivity index (χ1v) is 13.7. The van der Waals surface area contributed by atoms with Crippen LogP contribution in [0.1, 0.15) is 39.5 Å². The number of rotatable bonds is 15. The molecule has 0 amide bonds. The van der Waals surface area contributed by atoms with Gasteiger partial charge >= 0.3 is 0 Å². The Hall–Kier alpha value is 0.240. The van der Waals surface area contributed by atoms with Gasteiger partial charge in [0.05, 0.1) is 23.9 Å². The van der Waals surface area contributed by atoms with Gasteiger partial charge < -0.3 is 4.55 Å². The molecule has 152 valence electrons. The van der Waals surface area contributed by atoms with Gasteiger partial charge in [-0.1, -0.05) is 12.8 Å². The van der Waals surface area contributed by atoms with Gasteiger partial charge in [-0.25, -0.2) is 8.39 Å². The summed E-state index contributed by atoms with van der Waals surface area (Å²) in [6.45, 7) is 3.33. The van der Waals surface area contributed by atoms with E-state index in [0.29, 0.717) is 25.7 Å². The standard InChI is InChI=1S/C12H26O9S4/c1-12(2)21-23(14)11-20-25(17,18)9-7-5-4-6-8-24(15,16)19-10-22(3)13/h12H,4-11H2,1-3H3. The van der Waals surface area contributed by atoms with E-state index in [1.807, 2.05) is 0 Å². The number of hydrogen-bond acceptors (Lipinski definition) is 9. The lowest BCUT2D eigenvalue weighted by Gasteiger charge is -2.08. The lowest BCUT2D eigenvalue weighted by atomic mass is 10.2. The van der Waals surface area contributed by atoms with Crippen molar-refractivity contribution in [2.45, 2.75) is 45.6 Å². The van der Waals surface area contributed by atoms with Gasteiger partial charge in [-0.3, -0.25) is 8.37 Å². The molecule has 0 saturated heterocycles. The summed E-state index contributed by atoms with van der Waals surface area (Å²) in [7, 11) is -7.50. The van der Waals surface area contributed by atoms with Crippen molar-refractivity contribution < 1.29 is 38.1 Å². The summed E-state index contributed by atoms with van der Waals surface area (Å²) in [6.07, 6.45) is 2.62. The monoisotopic (exact) mass is 442 g/mol. The van der Waals surface area contributed by atoms with Gasteiger partial charge in [0.25, 0.3) is 20.2 Å². The first-order chi connectivity index (χ1) is 11.4. The Bertz CT molecular complexity index is 584. The summed E-state index contributed by atoms with van der Waals surface area (Å²) in [4.78, 5) is 0. The van der Waals surface area contributed by atoms with Crippen LogP contribution in [0.4, 0.5) is 0 Å². The topological polar surface area (TPSA) is 136 Å². The van der Waals surface area contributed by atoms with Crippen molar-refractivity contribution in [1.82, 2.24) is 0 Å². The average molecular weight is 443 g/mol. The van der Waals surface area contributed by atoms with Crippen LogP contribution in [0.15, 0.2) is 0 Å². The second-order valence-electron chi connectivity index (χ2n) is 5.43. The highest BCUT2D eigenvalue weighted by Gasteiger charge is 2.16. The molecule has 0 heterocycles. The van der Waals surface area contributed by atoms with E-state index in [4.69, 9.17) is 4.18 Å². The molecule has 0 aliphatic heterocycles. The predicted octanol–water partition coefficient (Wildman–Crippen LogP) is 0.622. The van der Waals surface area contributed by atoms with Crippen LogP contribution in [0.3, 0.4) is 0 Å². The van der Waals surface area contributed by atoms with Gasteiger partial charge in [-0.05, 0) is 37.9 Å². The Morgan fingerprint density at radius 3 is 1.88 bits per heavy atom. The maximum absolute atomic E-state index is 11.6. The fourth-order valence-electron chi connectivity index (χ4n) is 1.53. The number of hydrogen-bond donors (Lipinski definition) is 0. The summed E-state index contributed by atoms with van der Waals surface area (Å²) in [5.74, 6) is -1.36. The Morgan fingerprint density at radius 1 is 0.960 bits per heavy atom. The van der Waals surface area contributed by atoms with E-state index in [-0.39, 0.29) is 23.5 Å². The molecule has 0 N–H and O–H groups in total. The van der Waals surface area contributed by atoms with Crippen molar-refractivity contribution in [2.24, 2.45) is 0 Å². The minimum absolute atomic E-state index is 0.209. The molecule has 0 aromatic carbocycles. The van der Waals surface area contributed by atoms with Crippen LogP contribution >= 0.6 is 0 Å². The molecule has 2 unspecified atom stereocenters. The second-order valence-corrected chi connectivity index (χ2v) is 11.4. The second kappa shape index (κ2) is 12.6. The molecule has 0 aliphatic rings. The maximum Gasteiger partial charge on any atom is 0.271 e. The van der Waals surface area contributed by atoms with Gasteiger partial charge in [0.1, 0.15) is 0 Å². The van der Waals surface area contributed by atoms with Gasteiger partial charge in [0.2, 0.25) is 5.94 Å². The van der Waals surface area contributed by atoms with Crippen molar-refractivity contribution >= 4 is 42.5 Å². The van der Waals surface area contributed by atoms with Crippen molar-refractivity contribution in [3.63, 3.8) is 0 Å². The molecule has 0 fully saturated rings. The van der Waals surface area contributed by atoms with E-state index in [2.05, 4.69) is 8.37 Å². The Balaban J connectivity index is 3.87. The molecule has 2 atom stereocenters. The van der Waals surface area contributed by atoms with Gasteiger partial charge in [0, 0.05) is 0 Å². The largest absolute Gasteiger partial charge is 0.615 e. The summed E-state index contributed by atoms with van der Waals surface area (Å²) in [6, 6.07) is 0. The Kier molecular flexibility index (Phi) is 12.7. The zero-order valence-electron chi connectivity index (χ0n) is 14.5. The summed E-state index contributed by atoms with van der Waals surface area (Å²) < 4.78 is 82.2. The molecule has 0 aliphatic carbocycles. The molecule has 0 spiro atoms. The third-order valence-corrected chi connectivity index (χ3v) is 6.75. The molecule has 13 heteroatoms. The molecule has 0 saturated carbocycles. The smallest absolute Gasteiger partial charge is 0.271 e. The van der Waals surface area contributed by atoms with Crippen LogP contribution in [-0.2, 0) is 55.0 Å². The van der Waals surface area contributed by atoms with E-state index in [1.54, 1.807) is 13.8 Å². The van der Waals surface area contributed by atoms with Crippen molar-refractivity contribution in [2.75, 3.05) is 29.6 Å². The molecule has 0 radical (unpaired) electrons. The van der Waals surface area contributed by atoms with Crippen molar-refractivity contribution in [1.29, 1.82) is 0 Å². The maximum atomic E-state index is 11.6. The zero-order chi connectivity index (χ0) is 19.5. The van der Waals surface area contributed by atoms with E-state index >= 15 is 0 Å². The van der Waals surface area contributed by atoms with E-state index in [9.17, 15) is 25.6 Å². The average Bonchev–Trinajstić information content (AvgIpc) is 2.46. The van der Waals surface area contributed by atoms with Gasteiger partial charge in [-0.15, -0.1) is 0 Å². The van der Waals surface area contributed by atoms with Crippen LogP contribution in [0.25, 0.3) is 0 Å². The minimum Gasteiger partial charge on any atom is -0.615 e. The lowest BCUT2D eigenvalue weighted by Crippen LogP contribution is -2.17. The summed E-state index contributed by atoms with van der Waals surface area (Å²) in [5, 5.41) is 0. The Labute approximate surface area is 155 Å². The first-order valence-electron chi connectivity index (χ1n) is 7.53. The molecular weight excluding hydrogens is 416 g/mol. The number of unbranched alkanes of at least 4 members (excludes halogenated alkanes) is 3. The first kappa shape index (κ1) is 25.2. The summed E-state index contributed by atoms with van der Waals surface area (Å²) in [5.41, 5.74) is 0. The molecule has 0 aromatic rings.